The number of carboxylic acids is 2. The molecule has 15 heteroatoms. The lowest BCUT2D eigenvalue weighted by Crippen LogP contribution is -2.47. The first kappa shape index (κ1) is 31.0. The number of carboxylic acid groups (broad SMARTS) is 2. The van der Waals surface area contributed by atoms with Gasteiger partial charge in [-0.25, -0.2) is 9.59 Å². The van der Waals surface area contributed by atoms with Crippen LogP contribution in [0.2, 0.25) is 0 Å². The average molecular weight is 570 g/mol. The maximum atomic E-state index is 13.1. The van der Waals surface area contributed by atoms with Gasteiger partial charge in [0, 0.05) is 38.6 Å². The molecule has 1 unspecified atom stereocenters. The molecule has 38 heavy (non-hydrogen) atoms. The summed E-state index contributed by atoms with van der Waals surface area (Å²) in [7, 11) is 0. The third-order valence-corrected chi connectivity index (χ3v) is 6.56. The summed E-state index contributed by atoms with van der Waals surface area (Å²) in [5, 5.41) is 18.6. The molecule has 2 saturated heterocycles. The van der Waals surface area contributed by atoms with Crippen LogP contribution >= 0.6 is 11.3 Å². The molecule has 4 heterocycles. The fraction of sp³-hybridized carbons (Fsp3) is 0.478. The van der Waals surface area contributed by atoms with E-state index in [1.54, 1.807) is 17.5 Å². The van der Waals surface area contributed by atoms with Crippen LogP contribution in [0.3, 0.4) is 0 Å². The van der Waals surface area contributed by atoms with Crippen molar-refractivity contribution in [3.63, 3.8) is 0 Å². The van der Waals surface area contributed by atoms with Crippen molar-refractivity contribution in [1.82, 2.24) is 14.8 Å². The van der Waals surface area contributed by atoms with E-state index >= 15 is 0 Å². The lowest BCUT2D eigenvalue weighted by molar-refractivity contribution is -0.193. The molecule has 210 valence electrons. The summed E-state index contributed by atoms with van der Waals surface area (Å²) >= 11 is 1.75. The Kier molecular flexibility index (Phi) is 10.6. The second kappa shape index (κ2) is 13.0. The van der Waals surface area contributed by atoms with Crippen molar-refractivity contribution in [2.75, 3.05) is 19.6 Å². The number of amides is 1. The standard InChI is InChI=1S/C19H23N3OS.2C2HF3O2/c23-18-19(6-9-22(18)13-16-3-1-7-20-11-16)5-2-8-21(15-19)12-17-4-10-24-14-17;2*3-2(4,5)1(6)7/h1,3-4,7,10-11,14H,2,5-6,8-9,12-13,15H2;2*(H,6,7). The highest BCUT2D eigenvalue weighted by Crippen LogP contribution is 2.41. The Labute approximate surface area is 217 Å². The average Bonchev–Trinajstić information content (AvgIpc) is 3.44. The van der Waals surface area contributed by atoms with Crippen molar-refractivity contribution in [1.29, 1.82) is 0 Å². The molecule has 2 aromatic heterocycles. The highest BCUT2D eigenvalue weighted by Gasteiger charge is 2.48. The van der Waals surface area contributed by atoms with Crippen LogP contribution in [0, 0.1) is 5.41 Å². The fourth-order valence-corrected chi connectivity index (χ4v) is 4.80. The first-order valence-corrected chi connectivity index (χ1v) is 12.1. The number of hydrogen-bond acceptors (Lipinski definition) is 6. The summed E-state index contributed by atoms with van der Waals surface area (Å²) in [6.07, 6.45) is -3.37. The molecule has 0 aromatic carbocycles. The predicted molar refractivity (Wildman–Crippen MR) is 123 cm³/mol. The van der Waals surface area contributed by atoms with Gasteiger partial charge >= 0.3 is 24.3 Å². The smallest absolute Gasteiger partial charge is 0.475 e. The Morgan fingerprint density at radius 3 is 2.11 bits per heavy atom. The summed E-state index contributed by atoms with van der Waals surface area (Å²) < 4.78 is 63.5. The normalized spacial score (nSPS) is 19.8. The number of carbonyl (C=O) groups excluding carboxylic acids is 1. The van der Waals surface area contributed by atoms with E-state index in [2.05, 4.69) is 32.8 Å². The Hall–Kier alpha value is -3.20. The van der Waals surface area contributed by atoms with Gasteiger partial charge in [0.2, 0.25) is 5.91 Å². The molecule has 0 saturated carbocycles. The number of piperidine rings is 1. The number of aromatic nitrogens is 1. The minimum Gasteiger partial charge on any atom is -0.475 e. The molecule has 2 aromatic rings. The molecule has 2 aliphatic rings. The number of thiophene rings is 1. The molecule has 0 bridgehead atoms. The second-order valence-corrected chi connectivity index (χ2v) is 9.45. The molecule has 2 fully saturated rings. The molecule has 8 nitrogen and oxygen atoms in total. The first-order valence-electron chi connectivity index (χ1n) is 11.2. The Bertz CT molecular complexity index is 1040. The van der Waals surface area contributed by atoms with Crippen LogP contribution in [0.25, 0.3) is 0 Å². The number of alkyl halides is 6. The molecule has 0 radical (unpaired) electrons. The van der Waals surface area contributed by atoms with Gasteiger partial charge in [0.05, 0.1) is 5.41 Å². The van der Waals surface area contributed by atoms with Crippen LogP contribution in [0.15, 0.2) is 41.4 Å². The predicted octanol–water partition coefficient (Wildman–Crippen LogP) is 4.42. The monoisotopic (exact) mass is 569 g/mol. The van der Waals surface area contributed by atoms with Crippen molar-refractivity contribution in [3.8, 4) is 0 Å². The SMILES string of the molecule is O=C(O)C(F)(F)F.O=C(O)C(F)(F)F.O=C1N(Cc2cccnc2)CCC12CCCN(Cc1ccsc1)C2. The third-order valence-electron chi connectivity index (χ3n) is 5.82. The second-order valence-electron chi connectivity index (χ2n) is 8.67. The van der Waals surface area contributed by atoms with E-state index < -0.39 is 24.3 Å². The Morgan fingerprint density at radius 1 is 0.974 bits per heavy atom. The minimum atomic E-state index is -5.08. The summed E-state index contributed by atoms with van der Waals surface area (Å²) in [4.78, 5) is 39.6. The number of carbonyl (C=O) groups is 3. The Morgan fingerprint density at radius 2 is 1.61 bits per heavy atom. The van der Waals surface area contributed by atoms with Gasteiger partial charge < -0.3 is 15.1 Å². The zero-order chi connectivity index (χ0) is 28.6. The minimum absolute atomic E-state index is 0.156. The number of halogens is 6. The van der Waals surface area contributed by atoms with E-state index in [0.717, 1.165) is 51.0 Å². The van der Waals surface area contributed by atoms with E-state index in [0.29, 0.717) is 12.5 Å². The van der Waals surface area contributed by atoms with Crippen LogP contribution in [-0.4, -0.2) is 74.8 Å². The van der Waals surface area contributed by atoms with Gasteiger partial charge in [0.25, 0.3) is 0 Å². The third kappa shape index (κ3) is 9.28. The zero-order valence-corrected chi connectivity index (χ0v) is 20.7. The number of pyridine rings is 1. The van der Waals surface area contributed by atoms with Gasteiger partial charge in [-0.05, 0) is 59.8 Å². The number of aliphatic carboxylic acids is 2. The van der Waals surface area contributed by atoms with E-state index in [-0.39, 0.29) is 5.41 Å². The first-order chi connectivity index (χ1) is 17.6. The molecule has 1 spiro atoms. The van der Waals surface area contributed by atoms with Crippen LogP contribution in [0.4, 0.5) is 26.3 Å². The molecular weight excluding hydrogens is 544 g/mol. The molecule has 2 N–H and O–H groups in total. The van der Waals surface area contributed by atoms with Crippen LogP contribution in [0.1, 0.15) is 30.4 Å². The van der Waals surface area contributed by atoms with Crippen molar-refractivity contribution < 1.29 is 50.9 Å². The van der Waals surface area contributed by atoms with Crippen molar-refractivity contribution in [3.05, 3.63) is 52.5 Å². The summed E-state index contributed by atoms with van der Waals surface area (Å²) in [5.74, 6) is -5.17. The van der Waals surface area contributed by atoms with Crippen LogP contribution < -0.4 is 0 Å². The number of rotatable bonds is 4. The van der Waals surface area contributed by atoms with Crippen molar-refractivity contribution >= 4 is 29.2 Å². The summed E-state index contributed by atoms with van der Waals surface area (Å²) in [5.41, 5.74) is 2.33. The summed E-state index contributed by atoms with van der Waals surface area (Å²) in [6.45, 7) is 4.55. The van der Waals surface area contributed by atoms with Gasteiger partial charge in [-0.15, -0.1) is 0 Å². The zero-order valence-electron chi connectivity index (χ0n) is 19.8. The fourth-order valence-electron chi connectivity index (χ4n) is 4.14. The Balaban J connectivity index is 0.000000301. The number of nitrogens with zero attached hydrogens (tertiary/aromatic N) is 3. The molecule has 1 atom stereocenters. The lowest BCUT2D eigenvalue weighted by atomic mass is 9.78. The highest BCUT2D eigenvalue weighted by atomic mass is 32.1. The van der Waals surface area contributed by atoms with E-state index in [1.165, 1.54) is 5.56 Å². The van der Waals surface area contributed by atoms with Gasteiger partial charge in [-0.3, -0.25) is 14.7 Å². The van der Waals surface area contributed by atoms with E-state index in [9.17, 15) is 31.1 Å². The van der Waals surface area contributed by atoms with Crippen molar-refractivity contribution in [2.45, 2.75) is 44.7 Å². The maximum Gasteiger partial charge on any atom is 0.490 e. The lowest BCUT2D eigenvalue weighted by Gasteiger charge is -2.39. The molecule has 4 rings (SSSR count). The molecule has 1 amide bonds. The molecule has 0 aliphatic carbocycles. The largest absolute Gasteiger partial charge is 0.490 e. The summed E-state index contributed by atoms with van der Waals surface area (Å²) in [6, 6.07) is 6.18. The topological polar surface area (TPSA) is 111 Å². The van der Waals surface area contributed by atoms with Gasteiger partial charge in [-0.2, -0.15) is 37.7 Å². The van der Waals surface area contributed by atoms with Gasteiger partial charge in [-0.1, -0.05) is 6.07 Å². The highest BCUT2D eigenvalue weighted by molar-refractivity contribution is 7.07. The maximum absolute atomic E-state index is 13.1. The molecular formula is C23H25F6N3O5S. The number of hydrogen-bond donors (Lipinski definition) is 2. The van der Waals surface area contributed by atoms with E-state index in [1.807, 2.05) is 17.2 Å². The van der Waals surface area contributed by atoms with Crippen LogP contribution in [-0.2, 0) is 27.5 Å². The quantitative estimate of drug-likeness (QED) is 0.525. The van der Waals surface area contributed by atoms with Crippen molar-refractivity contribution in [2.24, 2.45) is 5.41 Å². The van der Waals surface area contributed by atoms with E-state index in [4.69, 9.17) is 19.8 Å². The van der Waals surface area contributed by atoms with Gasteiger partial charge in [0.1, 0.15) is 0 Å². The van der Waals surface area contributed by atoms with Crippen LogP contribution in [0.5, 0.6) is 0 Å². The van der Waals surface area contributed by atoms with Gasteiger partial charge in [0.15, 0.2) is 0 Å². The molecule has 2 aliphatic heterocycles. The number of likely N-dealkylation sites (tertiary alicyclic amines) is 2.